The lowest BCUT2D eigenvalue weighted by atomic mass is 9.83. The van der Waals surface area contributed by atoms with E-state index in [4.69, 9.17) is 15.8 Å². The molecule has 0 saturated heterocycles. The van der Waals surface area contributed by atoms with Gasteiger partial charge in [0, 0.05) is 73.3 Å². The minimum atomic E-state index is -1.11. The first kappa shape index (κ1) is 42.2. The Bertz CT molecular complexity index is 1500. The van der Waals surface area contributed by atoms with E-state index in [2.05, 4.69) is 60.4 Å². The highest BCUT2D eigenvalue weighted by molar-refractivity contribution is 5.80. The van der Waals surface area contributed by atoms with Gasteiger partial charge in [0.25, 0.3) is 0 Å². The molecule has 15 nitrogen and oxygen atoms in total. The van der Waals surface area contributed by atoms with Gasteiger partial charge in [-0.1, -0.05) is 78.5 Å². The Morgan fingerprint density at radius 1 is 0.679 bits per heavy atom. The molecule has 53 heavy (non-hydrogen) atoms. The lowest BCUT2D eigenvalue weighted by Crippen LogP contribution is -2.51. The third kappa shape index (κ3) is 15.1. The summed E-state index contributed by atoms with van der Waals surface area (Å²) >= 11 is 0. The Morgan fingerprint density at radius 3 is 1.55 bits per heavy atom. The standard InChI is InChI=1S/C38H54N10O5/c1-2-3-8-23-41-34(49)17-20-38(21-18-35(50)42-24-9-11-26-44-47-39,22-19-36(51)43-25-10-12-27-45-48-40)46-37(52)53-28-33-31-15-6-4-13-29(31)30-14-5-7-16-32(30)33/h4-7,13-16,33H,2-3,8-12,17-28H2,1H3,(H,41,49)(H,42,50)(H,43,51)(H,46,52). The average molecular weight is 731 g/mol. The number of carbonyl (C=O) groups excluding carboxylic acids is 4. The minimum Gasteiger partial charge on any atom is -0.449 e. The van der Waals surface area contributed by atoms with Crippen molar-refractivity contribution in [3.8, 4) is 11.1 Å². The number of amides is 4. The van der Waals surface area contributed by atoms with E-state index < -0.39 is 11.6 Å². The quantitative estimate of drug-likeness (QED) is 0.0337. The number of ether oxygens (including phenoxy) is 1. The maximum absolute atomic E-state index is 13.7. The zero-order chi connectivity index (χ0) is 38.2. The van der Waals surface area contributed by atoms with Gasteiger partial charge in [0.05, 0.1) is 0 Å². The zero-order valence-electron chi connectivity index (χ0n) is 30.9. The van der Waals surface area contributed by atoms with Crippen molar-refractivity contribution in [1.82, 2.24) is 21.3 Å². The molecule has 0 radical (unpaired) electrons. The molecule has 0 heterocycles. The number of azide groups is 2. The van der Waals surface area contributed by atoms with Crippen molar-refractivity contribution in [2.75, 3.05) is 39.3 Å². The molecule has 0 unspecified atom stereocenters. The molecule has 0 aliphatic heterocycles. The third-order valence-electron chi connectivity index (χ3n) is 9.45. The molecule has 2 aromatic carbocycles. The molecule has 4 N–H and O–H groups in total. The highest BCUT2D eigenvalue weighted by Crippen LogP contribution is 2.44. The van der Waals surface area contributed by atoms with Gasteiger partial charge >= 0.3 is 6.09 Å². The van der Waals surface area contributed by atoms with Crippen LogP contribution in [0.2, 0.25) is 0 Å². The van der Waals surface area contributed by atoms with Gasteiger partial charge in [-0.2, -0.15) is 0 Å². The Labute approximate surface area is 311 Å². The van der Waals surface area contributed by atoms with Crippen LogP contribution in [-0.4, -0.2) is 68.7 Å². The summed E-state index contributed by atoms with van der Waals surface area (Å²) in [5.41, 5.74) is 20.2. The monoisotopic (exact) mass is 730 g/mol. The Kier molecular flexibility index (Phi) is 19.1. The first-order chi connectivity index (χ1) is 25.8. The van der Waals surface area contributed by atoms with E-state index in [-0.39, 0.29) is 68.8 Å². The fraction of sp³-hybridized carbons (Fsp3) is 0.579. The van der Waals surface area contributed by atoms with Crippen LogP contribution in [0.15, 0.2) is 58.8 Å². The SMILES string of the molecule is CCCCCNC(=O)CCC(CCC(=O)NCCCCN=[N+]=[N-])(CCC(=O)NCCCCN=[N+]=[N-])NC(=O)OCC1c2ccccc2-c2ccccc21. The van der Waals surface area contributed by atoms with Gasteiger partial charge in [0.1, 0.15) is 6.61 Å². The molecule has 0 spiro atoms. The summed E-state index contributed by atoms with van der Waals surface area (Å²) < 4.78 is 5.91. The van der Waals surface area contributed by atoms with Crippen LogP contribution in [0.1, 0.15) is 107 Å². The van der Waals surface area contributed by atoms with Gasteiger partial charge < -0.3 is 26.0 Å². The predicted octanol–water partition coefficient (Wildman–Crippen LogP) is 7.32. The summed E-state index contributed by atoms with van der Waals surface area (Å²) in [6.45, 7) is 4.20. The van der Waals surface area contributed by atoms with Crippen LogP contribution in [0.3, 0.4) is 0 Å². The Balaban J connectivity index is 1.75. The highest BCUT2D eigenvalue weighted by atomic mass is 16.5. The van der Waals surface area contributed by atoms with Crippen molar-refractivity contribution in [1.29, 1.82) is 0 Å². The molecule has 1 aliphatic carbocycles. The van der Waals surface area contributed by atoms with Crippen molar-refractivity contribution in [3.05, 3.63) is 80.5 Å². The number of unbranched alkanes of at least 4 members (excludes halogenated alkanes) is 4. The minimum absolute atomic E-state index is 0.0408. The van der Waals surface area contributed by atoms with Gasteiger partial charge in [0.2, 0.25) is 17.7 Å². The summed E-state index contributed by atoms with van der Waals surface area (Å²) in [7, 11) is 0. The molecule has 15 heteroatoms. The molecule has 3 rings (SSSR count). The van der Waals surface area contributed by atoms with Crippen molar-refractivity contribution in [2.24, 2.45) is 10.2 Å². The van der Waals surface area contributed by atoms with E-state index in [0.717, 1.165) is 41.5 Å². The smallest absolute Gasteiger partial charge is 0.407 e. The number of nitrogens with zero attached hydrogens (tertiary/aromatic N) is 6. The van der Waals surface area contributed by atoms with Gasteiger partial charge in [-0.3, -0.25) is 14.4 Å². The summed E-state index contributed by atoms with van der Waals surface area (Å²) in [5.74, 6) is -0.804. The molecule has 1 aliphatic rings. The molecule has 0 fully saturated rings. The average Bonchev–Trinajstić information content (AvgIpc) is 3.49. The Hall–Kier alpha value is -5.26. The van der Waals surface area contributed by atoms with Crippen LogP contribution in [0.4, 0.5) is 4.79 Å². The van der Waals surface area contributed by atoms with Crippen LogP contribution in [-0.2, 0) is 19.1 Å². The molecule has 0 saturated carbocycles. The number of nitrogens with one attached hydrogen (secondary N) is 4. The van der Waals surface area contributed by atoms with Crippen molar-refractivity contribution >= 4 is 23.8 Å². The van der Waals surface area contributed by atoms with E-state index >= 15 is 0 Å². The van der Waals surface area contributed by atoms with Gasteiger partial charge in [-0.25, -0.2) is 4.79 Å². The van der Waals surface area contributed by atoms with Crippen molar-refractivity contribution < 1.29 is 23.9 Å². The van der Waals surface area contributed by atoms with Crippen LogP contribution < -0.4 is 21.3 Å². The van der Waals surface area contributed by atoms with Gasteiger partial charge in [-0.05, 0) is 84.7 Å². The van der Waals surface area contributed by atoms with E-state index in [1.165, 1.54) is 0 Å². The topological polar surface area (TPSA) is 223 Å². The van der Waals surface area contributed by atoms with Crippen molar-refractivity contribution in [3.63, 3.8) is 0 Å². The maximum Gasteiger partial charge on any atom is 0.407 e. The number of rotatable bonds is 26. The number of fused-ring (bicyclic) bond motifs is 3. The second-order valence-corrected chi connectivity index (χ2v) is 13.3. The van der Waals surface area contributed by atoms with Gasteiger partial charge in [-0.15, -0.1) is 0 Å². The predicted molar refractivity (Wildman–Crippen MR) is 204 cm³/mol. The van der Waals surface area contributed by atoms with Crippen molar-refractivity contribution in [2.45, 2.75) is 102 Å². The van der Waals surface area contributed by atoms with E-state index in [9.17, 15) is 19.2 Å². The molecular weight excluding hydrogens is 676 g/mol. The summed E-state index contributed by atoms with van der Waals surface area (Å²) in [5, 5.41) is 18.8. The molecule has 0 atom stereocenters. The zero-order valence-corrected chi connectivity index (χ0v) is 30.9. The number of hydrogen-bond acceptors (Lipinski definition) is 7. The number of alkyl carbamates (subject to hydrolysis) is 1. The van der Waals surface area contributed by atoms with Crippen LogP contribution >= 0.6 is 0 Å². The number of hydrogen-bond donors (Lipinski definition) is 4. The largest absolute Gasteiger partial charge is 0.449 e. The molecule has 286 valence electrons. The highest BCUT2D eigenvalue weighted by Gasteiger charge is 2.35. The summed E-state index contributed by atoms with van der Waals surface area (Å²) in [4.78, 5) is 58.2. The second kappa shape index (κ2) is 24.1. The number of benzene rings is 2. The molecule has 0 aromatic heterocycles. The number of carbonyl (C=O) groups is 4. The van der Waals surface area contributed by atoms with Crippen LogP contribution in [0.25, 0.3) is 32.0 Å². The maximum atomic E-state index is 13.7. The second-order valence-electron chi connectivity index (χ2n) is 13.3. The molecule has 2 aromatic rings. The van der Waals surface area contributed by atoms with E-state index in [0.29, 0.717) is 58.4 Å². The normalized spacial score (nSPS) is 12.5. The lowest BCUT2D eigenvalue weighted by Gasteiger charge is -2.35. The van der Waals surface area contributed by atoms with Crippen LogP contribution in [0.5, 0.6) is 0 Å². The van der Waals surface area contributed by atoms with E-state index in [1.54, 1.807) is 0 Å². The fourth-order valence-corrected chi connectivity index (χ4v) is 6.50. The van der Waals surface area contributed by atoms with E-state index in [1.807, 2.05) is 36.4 Å². The lowest BCUT2D eigenvalue weighted by molar-refractivity contribution is -0.121. The molecule has 0 bridgehead atoms. The van der Waals surface area contributed by atoms with Gasteiger partial charge in [0.15, 0.2) is 0 Å². The molecule has 4 amide bonds. The Morgan fingerprint density at radius 2 is 1.11 bits per heavy atom. The summed E-state index contributed by atoms with van der Waals surface area (Å²) in [6.07, 6.45) is 5.41. The summed E-state index contributed by atoms with van der Waals surface area (Å²) in [6, 6.07) is 16.1. The van der Waals surface area contributed by atoms with Crippen LogP contribution in [0, 0.1) is 0 Å². The first-order valence-corrected chi connectivity index (χ1v) is 18.8. The third-order valence-corrected chi connectivity index (χ3v) is 9.45. The fourth-order valence-electron chi connectivity index (χ4n) is 6.50. The molecular formula is C38H54N10O5. The first-order valence-electron chi connectivity index (χ1n) is 18.8.